The minimum atomic E-state index is 0.588. The van der Waals surface area contributed by atoms with E-state index in [9.17, 15) is 0 Å². The molecule has 0 unspecified atom stereocenters. The molecule has 1 aliphatic heterocycles. The number of aliphatic imine (C=N–C) groups is 1. The fourth-order valence-electron chi connectivity index (χ4n) is 3.17. The van der Waals surface area contributed by atoms with E-state index >= 15 is 0 Å². The summed E-state index contributed by atoms with van der Waals surface area (Å²) in [6.07, 6.45) is 5.20. The summed E-state index contributed by atoms with van der Waals surface area (Å²) < 4.78 is 11.0. The Balaban J connectivity index is 1.48. The van der Waals surface area contributed by atoms with Gasteiger partial charge in [-0.3, -0.25) is 4.99 Å². The molecule has 0 amide bonds. The Bertz CT molecular complexity index is 693. The lowest BCUT2D eigenvalue weighted by atomic mass is 9.96. The Labute approximate surface area is 155 Å². The van der Waals surface area contributed by atoms with Gasteiger partial charge in [-0.25, -0.2) is 4.98 Å². The average Bonchev–Trinajstić information content (AvgIpc) is 3.17. The number of benzene rings is 1. The SMILES string of the molecule is CN=C(NCc1coc(-c2ccccc2)n1)N(C)CCC1CCOCC1. The molecule has 0 bridgehead atoms. The number of ether oxygens (including phenoxy) is 1. The summed E-state index contributed by atoms with van der Waals surface area (Å²) in [6, 6.07) is 9.92. The van der Waals surface area contributed by atoms with E-state index in [0.29, 0.717) is 12.4 Å². The molecule has 1 fully saturated rings. The minimum Gasteiger partial charge on any atom is -0.444 e. The van der Waals surface area contributed by atoms with Crippen molar-refractivity contribution in [1.29, 1.82) is 0 Å². The summed E-state index contributed by atoms with van der Waals surface area (Å²) in [4.78, 5) is 11.1. The second kappa shape index (κ2) is 9.38. The van der Waals surface area contributed by atoms with Gasteiger partial charge in [0.25, 0.3) is 0 Å². The Morgan fingerprint density at radius 2 is 2.04 bits per heavy atom. The van der Waals surface area contributed by atoms with Crippen LogP contribution in [0.1, 0.15) is 25.0 Å². The standard InChI is InChI=1S/C20H28N4O2/c1-21-20(24(2)11-8-16-9-12-25-13-10-16)22-14-18-15-26-19(23-18)17-6-4-3-5-7-17/h3-7,15-16H,8-14H2,1-2H3,(H,21,22). The molecular weight excluding hydrogens is 328 g/mol. The summed E-state index contributed by atoms with van der Waals surface area (Å²) in [5.41, 5.74) is 1.85. The normalized spacial score (nSPS) is 15.8. The Morgan fingerprint density at radius 3 is 2.77 bits per heavy atom. The molecule has 2 heterocycles. The molecule has 140 valence electrons. The maximum Gasteiger partial charge on any atom is 0.226 e. The third-order valence-electron chi connectivity index (χ3n) is 4.79. The molecule has 0 radical (unpaired) electrons. The molecule has 1 saturated heterocycles. The van der Waals surface area contributed by atoms with Crippen LogP contribution < -0.4 is 5.32 Å². The van der Waals surface area contributed by atoms with Crippen LogP contribution in [-0.4, -0.2) is 49.7 Å². The van der Waals surface area contributed by atoms with Gasteiger partial charge in [-0.2, -0.15) is 0 Å². The predicted molar refractivity (Wildman–Crippen MR) is 103 cm³/mol. The zero-order valence-corrected chi connectivity index (χ0v) is 15.6. The highest BCUT2D eigenvalue weighted by Gasteiger charge is 2.15. The van der Waals surface area contributed by atoms with E-state index < -0.39 is 0 Å². The Hall–Kier alpha value is -2.34. The van der Waals surface area contributed by atoms with Gasteiger partial charge < -0.3 is 19.4 Å². The monoisotopic (exact) mass is 356 g/mol. The van der Waals surface area contributed by atoms with Gasteiger partial charge in [0.05, 0.1) is 12.2 Å². The lowest BCUT2D eigenvalue weighted by Gasteiger charge is -2.26. The molecule has 1 N–H and O–H groups in total. The number of nitrogens with zero attached hydrogens (tertiary/aromatic N) is 3. The molecule has 3 rings (SSSR count). The van der Waals surface area contributed by atoms with Crippen LogP contribution in [0, 0.1) is 5.92 Å². The zero-order valence-electron chi connectivity index (χ0n) is 15.6. The van der Waals surface area contributed by atoms with Crippen molar-refractivity contribution < 1.29 is 9.15 Å². The second-order valence-corrected chi connectivity index (χ2v) is 6.68. The number of hydrogen-bond acceptors (Lipinski definition) is 4. The van der Waals surface area contributed by atoms with Crippen LogP contribution in [0.25, 0.3) is 11.5 Å². The molecule has 1 aliphatic rings. The topological polar surface area (TPSA) is 62.9 Å². The van der Waals surface area contributed by atoms with E-state index in [1.165, 1.54) is 19.3 Å². The zero-order chi connectivity index (χ0) is 18.2. The van der Waals surface area contributed by atoms with Gasteiger partial charge >= 0.3 is 0 Å². The van der Waals surface area contributed by atoms with Crippen molar-refractivity contribution in [3.05, 3.63) is 42.3 Å². The average molecular weight is 356 g/mol. The van der Waals surface area contributed by atoms with Gasteiger partial charge in [0.15, 0.2) is 5.96 Å². The highest BCUT2D eigenvalue weighted by molar-refractivity contribution is 5.79. The summed E-state index contributed by atoms with van der Waals surface area (Å²) >= 11 is 0. The molecule has 0 aliphatic carbocycles. The highest BCUT2D eigenvalue weighted by atomic mass is 16.5. The van der Waals surface area contributed by atoms with E-state index in [1.807, 2.05) is 37.4 Å². The molecule has 0 atom stereocenters. The number of oxazole rings is 1. The minimum absolute atomic E-state index is 0.588. The third-order valence-corrected chi connectivity index (χ3v) is 4.79. The summed E-state index contributed by atoms with van der Waals surface area (Å²) in [5.74, 6) is 2.28. The summed E-state index contributed by atoms with van der Waals surface area (Å²) in [5, 5.41) is 3.37. The van der Waals surface area contributed by atoms with Crippen LogP contribution in [0.15, 0.2) is 46.0 Å². The van der Waals surface area contributed by atoms with Gasteiger partial charge in [0, 0.05) is 39.4 Å². The summed E-state index contributed by atoms with van der Waals surface area (Å²) in [7, 11) is 3.89. The van der Waals surface area contributed by atoms with Crippen LogP contribution in [0.5, 0.6) is 0 Å². The molecular formula is C20H28N4O2. The molecule has 0 saturated carbocycles. The number of hydrogen-bond donors (Lipinski definition) is 1. The van der Waals surface area contributed by atoms with Crippen LogP contribution >= 0.6 is 0 Å². The Morgan fingerprint density at radius 1 is 1.27 bits per heavy atom. The number of aromatic nitrogens is 1. The predicted octanol–water partition coefficient (Wildman–Crippen LogP) is 3.17. The smallest absolute Gasteiger partial charge is 0.226 e. The fourth-order valence-corrected chi connectivity index (χ4v) is 3.17. The highest BCUT2D eigenvalue weighted by Crippen LogP contribution is 2.19. The van der Waals surface area contributed by atoms with Crippen LogP contribution in [0.4, 0.5) is 0 Å². The van der Waals surface area contributed by atoms with Crippen LogP contribution in [-0.2, 0) is 11.3 Å². The molecule has 1 aromatic heterocycles. The maximum absolute atomic E-state index is 5.59. The number of guanidine groups is 1. The molecule has 0 spiro atoms. The molecule has 6 heteroatoms. The maximum atomic E-state index is 5.59. The van der Waals surface area contributed by atoms with Gasteiger partial charge in [0.2, 0.25) is 5.89 Å². The first-order valence-corrected chi connectivity index (χ1v) is 9.25. The van der Waals surface area contributed by atoms with Crippen molar-refractivity contribution in [1.82, 2.24) is 15.2 Å². The van der Waals surface area contributed by atoms with E-state index in [2.05, 4.69) is 27.2 Å². The van der Waals surface area contributed by atoms with Gasteiger partial charge in [-0.1, -0.05) is 18.2 Å². The Kier molecular flexibility index (Phi) is 6.66. The van der Waals surface area contributed by atoms with E-state index in [0.717, 1.165) is 42.9 Å². The second-order valence-electron chi connectivity index (χ2n) is 6.68. The van der Waals surface area contributed by atoms with Crippen molar-refractivity contribution in [2.24, 2.45) is 10.9 Å². The quantitative estimate of drug-likeness (QED) is 0.636. The molecule has 6 nitrogen and oxygen atoms in total. The van der Waals surface area contributed by atoms with Gasteiger partial charge in [-0.05, 0) is 37.3 Å². The van der Waals surface area contributed by atoms with E-state index in [1.54, 1.807) is 6.26 Å². The van der Waals surface area contributed by atoms with E-state index in [4.69, 9.17) is 9.15 Å². The van der Waals surface area contributed by atoms with Crippen molar-refractivity contribution in [3.63, 3.8) is 0 Å². The third kappa shape index (κ3) is 5.08. The first kappa shape index (κ1) is 18.5. The number of nitrogens with one attached hydrogen (secondary N) is 1. The fraction of sp³-hybridized carbons (Fsp3) is 0.500. The summed E-state index contributed by atoms with van der Waals surface area (Å²) in [6.45, 7) is 3.37. The van der Waals surface area contributed by atoms with E-state index in [-0.39, 0.29) is 0 Å². The first-order chi connectivity index (χ1) is 12.8. The van der Waals surface area contributed by atoms with Crippen molar-refractivity contribution >= 4 is 5.96 Å². The van der Waals surface area contributed by atoms with Gasteiger partial charge in [0.1, 0.15) is 6.26 Å². The molecule has 26 heavy (non-hydrogen) atoms. The van der Waals surface area contributed by atoms with Crippen LogP contribution in [0.2, 0.25) is 0 Å². The lowest BCUT2D eigenvalue weighted by Crippen LogP contribution is -2.39. The number of rotatable bonds is 6. The molecule has 2 aromatic rings. The van der Waals surface area contributed by atoms with Crippen LogP contribution in [0.3, 0.4) is 0 Å². The van der Waals surface area contributed by atoms with Gasteiger partial charge in [-0.15, -0.1) is 0 Å². The lowest BCUT2D eigenvalue weighted by molar-refractivity contribution is 0.0625. The van der Waals surface area contributed by atoms with Crippen molar-refractivity contribution in [3.8, 4) is 11.5 Å². The largest absolute Gasteiger partial charge is 0.444 e. The molecule has 1 aromatic carbocycles. The first-order valence-electron chi connectivity index (χ1n) is 9.25. The van der Waals surface area contributed by atoms with Crippen molar-refractivity contribution in [2.45, 2.75) is 25.8 Å². The van der Waals surface area contributed by atoms with Crippen molar-refractivity contribution in [2.75, 3.05) is 33.9 Å².